The summed E-state index contributed by atoms with van der Waals surface area (Å²) >= 11 is 1.59. The third kappa shape index (κ3) is 2.81. The summed E-state index contributed by atoms with van der Waals surface area (Å²) in [6, 6.07) is 3.94. The van der Waals surface area contributed by atoms with Gasteiger partial charge in [-0.2, -0.15) is 0 Å². The first-order chi connectivity index (χ1) is 6.13. The fourth-order valence-corrected chi connectivity index (χ4v) is 1.96. The largest absolute Gasteiger partial charge is 0.293 e. The Hall–Kier alpha value is -0.890. The minimum Gasteiger partial charge on any atom is -0.293 e. The highest BCUT2D eigenvalue weighted by molar-refractivity contribution is 7.14. The zero-order chi connectivity index (χ0) is 9.84. The van der Waals surface area contributed by atoms with Gasteiger partial charge in [-0.1, -0.05) is 19.1 Å². The van der Waals surface area contributed by atoms with Crippen LogP contribution in [0.25, 0.3) is 0 Å². The molecule has 2 heteroatoms. The van der Waals surface area contributed by atoms with E-state index in [2.05, 4.69) is 13.5 Å². The maximum atomic E-state index is 11.5. The summed E-state index contributed by atoms with van der Waals surface area (Å²) in [7, 11) is 0. The van der Waals surface area contributed by atoms with Crippen LogP contribution in [-0.4, -0.2) is 5.78 Å². The Morgan fingerprint density at radius 3 is 2.69 bits per heavy atom. The predicted octanol–water partition coefficient (Wildman–Crippen LogP) is 3.46. The van der Waals surface area contributed by atoms with Gasteiger partial charge in [0.25, 0.3) is 0 Å². The fraction of sp³-hybridized carbons (Fsp3) is 0.364. The van der Waals surface area contributed by atoms with E-state index in [0.717, 1.165) is 16.9 Å². The molecular weight excluding hydrogens is 180 g/mol. The van der Waals surface area contributed by atoms with E-state index in [1.54, 1.807) is 11.3 Å². The average Bonchev–Trinajstić information content (AvgIpc) is 2.50. The van der Waals surface area contributed by atoms with Crippen molar-refractivity contribution >= 4 is 17.1 Å². The molecule has 0 N–H and O–H groups in total. The average molecular weight is 194 g/mol. The molecule has 0 fully saturated rings. The van der Waals surface area contributed by atoms with Crippen LogP contribution in [0.15, 0.2) is 24.3 Å². The first-order valence-corrected chi connectivity index (χ1v) is 5.21. The molecule has 1 aromatic heterocycles. The van der Waals surface area contributed by atoms with Crippen molar-refractivity contribution in [1.29, 1.82) is 0 Å². The maximum Gasteiger partial charge on any atom is 0.176 e. The van der Waals surface area contributed by atoms with Gasteiger partial charge in [0, 0.05) is 11.3 Å². The minimum absolute atomic E-state index is 0.192. The molecule has 1 aromatic rings. The number of Topliss-reactive ketones (excluding diaryl/α,β-unsaturated/α-hetero) is 1. The van der Waals surface area contributed by atoms with Gasteiger partial charge >= 0.3 is 0 Å². The van der Waals surface area contributed by atoms with E-state index in [1.807, 2.05) is 19.1 Å². The first-order valence-electron chi connectivity index (χ1n) is 4.39. The van der Waals surface area contributed by atoms with Gasteiger partial charge in [-0.3, -0.25) is 4.79 Å². The number of thiophene rings is 1. The highest BCUT2D eigenvalue weighted by atomic mass is 32.1. The van der Waals surface area contributed by atoms with Crippen LogP contribution >= 0.6 is 11.3 Å². The third-order valence-corrected chi connectivity index (χ3v) is 3.02. The molecule has 0 unspecified atom stereocenters. The molecule has 0 radical (unpaired) electrons. The van der Waals surface area contributed by atoms with Crippen molar-refractivity contribution < 1.29 is 4.79 Å². The topological polar surface area (TPSA) is 17.1 Å². The van der Waals surface area contributed by atoms with Gasteiger partial charge in [0.15, 0.2) is 5.78 Å². The first kappa shape index (κ1) is 10.2. The monoisotopic (exact) mass is 194 g/mol. The lowest BCUT2D eigenvalue weighted by Crippen LogP contribution is -1.95. The number of rotatable bonds is 4. The van der Waals surface area contributed by atoms with Crippen LogP contribution in [-0.2, 0) is 6.42 Å². The minimum atomic E-state index is 0.192. The SMILES string of the molecule is C=C(C)CC(=O)c1ccc(CC)s1. The van der Waals surface area contributed by atoms with Crippen molar-refractivity contribution in [3.63, 3.8) is 0 Å². The summed E-state index contributed by atoms with van der Waals surface area (Å²) < 4.78 is 0. The summed E-state index contributed by atoms with van der Waals surface area (Å²) in [5, 5.41) is 0. The number of aryl methyl sites for hydroxylation is 1. The molecule has 70 valence electrons. The summed E-state index contributed by atoms with van der Waals surface area (Å²) in [4.78, 5) is 13.7. The van der Waals surface area contributed by atoms with Crippen molar-refractivity contribution in [3.05, 3.63) is 34.0 Å². The normalized spacial score (nSPS) is 10.0. The van der Waals surface area contributed by atoms with Crippen LogP contribution in [0.5, 0.6) is 0 Å². The summed E-state index contributed by atoms with van der Waals surface area (Å²) in [5.41, 5.74) is 0.927. The molecule has 0 aliphatic rings. The molecule has 1 nitrogen and oxygen atoms in total. The molecule has 0 aliphatic carbocycles. The summed E-state index contributed by atoms with van der Waals surface area (Å²) in [6.07, 6.45) is 1.48. The van der Waals surface area contributed by atoms with Gasteiger partial charge in [0.05, 0.1) is 4.88 Å². The highest BCUT2D eigenvalue weighted by Gasteiger charge is 2.08. The Balaban J connectivity index is 2.71. The number of hydrogen-bond donors (Lipinski definition) is 0. The zero-order valence-electron chi connectivity index (χ0n) is 8.09. The van der Waals surface area contributed by atoms with Crippen LogP contribution in [0.4, 0.5) is 0 Å². The van der Waals surface area contributed by atoms with E-state index in [-0.39, 0.29) is 5.78 Å². The zero-order valence-corrected chi connectivity index (χ0v) is 8.91. The molecule has 0 atom stereocenters. The number of allylic oxidation sites excluding steroid dienone is 1. The van der Waals surface area contributed by atoms with Crippen LogP contribution < -0.4 is 0 Å². The molecule has 0 spiro atoms. The lowest BCUT2D eigenvalue weighted by atomic mass is 10.1. The van der Waals surface area contributed by atoms with Crippen LogP contribution in [0.2, 0.25) is 0 Å². The molecule has 13 heavy (non-hydrogen) atoms. The van der Waals surface area contributed by atoms with Crippen molar-refractivity contribution in [2.75, 3.05) is 0 Å². The van der Waals surface area contributed by atoms with Gasteiger partial charge < -0.3 is 0 Å². The van der Waals surface area contributed by atoms with E-state index < -0.39 is 0 Å². The summed E-state index contributed by atoms with van der Waals surface area (Å²) in [6.45, 7) is 7.71. The molecular formula is C11H14OS. The molecule has 0 saturated heterocycles. The fourth-order valence-electron chi connectivity index (χ4n) is 1.08. The molecule has 0 amide bonds. The summed E-state index contributed by atoms with van der Waals surface area (Å²) in [5.74, 6) is 0.192. The predicted molar refractivity (Wildman–Crippen MR) is 57.5 cm³/mol. The van der Waals surface area contributed by atoms with Gasteiger partial charge in [-0.15, -0.1) is 11.3 Å². The van der Waals surface area contributed by atoms with Gasteiger partial charge in [-0.05, 0) is 25.5 Å². The van der Waals surface area contributed by atoms with Crippen LogP contribution in [0.1, 0.15) is 34.8 Å². The molecule has 1 heterocycles. The van der Waals surface area contributed by atoms with E-state index >= 15 is 0 Å². The van der Waals surface area contributed by atoms with Crippen LogP contribution in [0, 0.1) is 0 Å². The molecule has 0 aliphatic heterocycles. The number of ketones is 1. The van der Waals surface area contributed by atoms with Crippen molar-refractivity contribution in [2.45, 2.75) is 26.7 Å². The molecule has 1 rings (SSSR count). The van der Waals surface area contributed by atoms with Crippen molar-refractivity contribution in [1.82, 2.24) is 0 Å². The van der Waals surface area contributed by atoms with E-state index in [1.165, 1.54) is 4.88 Å². The van der Waals surface area contributed by atoms with Gasteiger partial charge in [0.2, 0.25) is 0 Å². The van der Waals surface area contributed by atoms with Gasteiger partial charge in [0.1, 0.15) is 0 Å². The Labute approximate surface area is 83.1 Å². The smallest absolute Gasteiger partial charge is 0.176 e. The molecule has 0 aromatic carbocycles. The second kappa shape index (κ2) is 4.38. The number of carbonyl (C=O) groups excluding carboxylic acids is 1. The Bertz CT molecular complexity index is 323. The second-order valence-electron chi connectivity index (χ2n) is 3.18. The van der Waals surface area contributed by atoms with E-state index in [0.29, 0.717) is 6.42 Å². The van der Waals surface area contributed by atoms with Crippen molar-refractivity contribution in [3.8, 4) is 0 Å². The standard InChI is InChI=1S/C11H14OS/c1-4-9-5-6-11(13-9)10(12)7-8(2)3/h5-6H,2,4,7H2,1,3H3. The molecule has 0 saturated carbocycles. The van der Waals surface area contributed by atoms with Gasteiger partial charge in [-0.25, -0.2) is 0 Å². The molecule has 0 bridgehead atoms. The second-order valence-corrected chi connectivity index (χ2v) is 4.34. The van der Waals surface area contributed by atoms with E-state index in [9.17, 15) is 4.79 Å². The number of hydrogen-bond acceptors (Lipinski definition) is 2. The maximum absolute atomic E-state index is 11.5. The third-order valence-electron chi connectivity index (χ3n) is 1.75. The lowest BCUT2D eigenvalue weighted by Gasteiger charge is -1.95. The van der Waals surface area contributed by atoms with E-state index in [4.69, 9.17) is 0 Å². The lowest BCUT2D eigenvalue weighted by molar-refractivity contribution is 0.0997. The highest BCUT2D eigenvalue weighted by Crippen LogP contribution is 2.19. The Kier molecular flexibility index (Phi) is 3.43. The quantitative estimate of drug-likeness (QED) is 0.530. The number of carbonyl (C=O) groups is 1. The Morgan fingerprint density at radius 1 is 1.54 bits per heavy atom. The Morgan fingerprint density at radius 2 is 2.23 bits per heavy atom. The van der Waals surface area contributed by atoms with Crippen molar-refractivity contribution in [2.24, 2.45) is 0 Å². The van der Waals surface area contributed by atoms with Crippen LogP contribution in [0.3, 0.4) is 0 Å².